The number of nitrogens with one attached hydrogen (secondary N) is 2. The highest BCUT2D eigenvalue weighted by molar-refractivity contribution is 7.17. The highest BCUT2D eigenvalue weighted by Gasteiger charge is 2.35. The first kappa shape index (κ1) is 16.0. The van der Waals surface area contributed by atoms with Crippen molar-refractivity contribution in [3.8, 4) is 0 Å². The van der Waals surface area contributed by atoms with Crippen LogP contribution < -0.4 is 10.6 Å². The maximum Gasteiger partial charge on any atom is 0.257 e. The highest BCUT2D eigenvalue weighted by Crippen LogP contribution is 2.33. The number of hydrogen-bond acceptors (Lipinski definition) is 5. The quantitative estimate of drug-likeness (QED) is 0.882. The molecule has 128 valence electrons. The van der Waals surface area contributed by atoms with Gasteiger partial charge in [-0.1, -0.05) is 29.5 Å². The molecular formula is C18H17N3O3S. The van der Waals surface area contributed by atoms with Gasteiger partial charge in [0.25, 0.3) is 5.91 Å². The van der Waals surface area contributed by atoms with Gasteiger partial charge in [0.05, 0.1) is 16.5 Å². The van der Waals surface area contributed by atoms with E-state index in [0.717, 1.165) is 12.8 Å². The number of rotatable bonds is 4. The predicted octanol–water partition coefficient (Wildman–Crippen LogP) is 2.42. The zero-order chi connectivity index (χ0) is 17.4. The number of anilines is 1. The molecule has 1 fully saturated rings. The molecule has 2 aliphatic rings. The summed E-state index contributed by atoms with van der Waals surface area (Å²) in [7, 11) is 0. The summed E-state index contributed by atoms with van der Waals surface area (Å²) in [6.45, 7) is 0. The van der Waals surface area contributed by atoms with E-state index < -0.39 is 0 Å². The molecule has 0 bridgehead atoms. The minimum absolute atomic E-state index is 0.0654. The smallest absolute Gasteiger partial charge is 0.257 e. The van der Waals surface area contributed by atoms with Gasteiger partial charge in [-0.2, -0.15) is 0 Å². The summed E-state index contributed by atoms with van der Waals surface area (Å²) in [4.78, 5) is 41.7. The molecule has 2 aromatic rings. The fourth-order valence-electron chi connectivity index (χ4n) is 2.87. The number of amides is 2. The first-order valence-electron chi connectivity index (χ1n) is 8.30. The number of carbonyl (C=O) groups excluding carboxylic acids is 3. The average Bonchev–Trinajstić information content (AvgIpc) is 3.32. The molecule has 25 heavy (non-hydrogen) atoms. The molecule has 0 spiro atoms. The van der Waals surface area contributed by atoms with Crippen LogP contribution in [0.1, 0.15) is 45.0 Å². The lowest BCUT2D eigenvalue weighted by molar-refractivity contribution is -0.125. The second-order valence-electron chi connectivity index (χ2n) is 6.43. The second-order valence-corrected chi connectivity index (χ2v) is 7.43. The number of benzene rings is 1. The summed E-state index contributed by atoms with van der Waals surface area (Å²) in [5.74, 6) is -0.762. The summed E-state index contributed by atoms with van der Waals surface area (Å²) in [5, 5.41) is 6.09. The van der Waals surface area contributed by atoms with E-state index >= 15 is 0 Å². The van der Waals surface area contributed by atoms with Crippen molar-refractivity contribution < 1.29 is 14.4 Å². The largest absolute Gasteiger partial charge is 0.353 e. The van der Waals surface area contributed by atoms with Gasteiger partial charge in [0.15, 0.2) is 10.9 Å². The standard InChI is InChI=1S/C18H17N3O3S/c22-14-9-11(17(24)19-12-6-7-12)8-13-15(14)25-18(20-13)21-16(23)10-4-2-1-3-5-10/h1-5,11-12H,6-9H2,(H,19,24)(H,20,21,23). The monoisotopic (exact) mass is 355 g/mol. The molecule has 1 heterocycles. The van der Waals surface area contributed by atoms with E-state index in [0.29, 0.717) is 27.7 Å². The van der Waals surface area contributed by atoms with Crippen molar-refractivity contribution in [3.05, 3.63) is 46.5 Å². The normalized spacial score (nSPS) is 19.2. The molecule has 2 amide bonds. The molecule has 0 aliphatic heterocycles. The minimum atomic E-state index is -0.361. The minimum Gasteiger partial charge on any atom is -0.353 e. The average molecular weight is 355 g/mol. The summed E-state index contributed by atoms with van der Waals surface area (Å²) in [5.41, 5.74) is 1.14. The Morgan fingerprint density at radius 1 is 1.12 bits per heavy atom. The molecule has 4 rings (SSSR count). The van der Waals surface area contributed by atoms with Crippen LogP contribution in [0.5, 0.6) is 0 Å². The van der Waals surface area contributed by atoms with Crippen LogP contribution in [0.25, 0.3) is 0 Å². The van der Waals surface area contributed by atoms with Gasteiger partial charge in [0, 0.05) is 24.4 Å². The van der Waals surface area contributed by atoms with Crippen molar-refractivity contribution in [2.75, 3.05) is 5.32 Å². The van der Waals surface area contributed by atoms with Gasteiger partial charge in [-0.05, 0) is 25.0 Å². The van der Waals surface area contributed by atoms with Gasteiger partial charge in [0.1, 0.15) is 0 Å². The number of fused-ring (bicyclic) bond motifs is 1. The van der Waals surface area contributed by atoms with E-state index in [-0.39, 0.29) is 36.0 Å². The van der Waals surface area contributed by atoms with Crippen molar-refractivity contribution in [1.29, 1.82) is 0 Å². The maximum absolute atomic E-state index is 12.3. The first-order chi connectivity index (χ1) is 12.1. The van der Waals surface area contributed by atoms with Gasteiger partial charge in [-0.25, -0.2) is 4.98 Å². The van der Waals surface area contributed by atoms with Crippen LogP contribution in [0.15, 0.2) is 30.3 Å². The number of thiazole rings is 1. The van der Waals surface area contributed by atoms with Gasteiger partial charge < -0.3 is 5.32 Å². The molecule has 1 aromatic heterocycles. The molecule has 2 N–H and O–H groups in total. The number of hydrogen-bond donors (Lipinski definition) is 2. The van der Waals surface area contributed by atoms with E-state index in [1.807, 2.05) is 6.07 Å². The van der Waals surface area contributed by atoms with Crippen molar-refractivity contribution in [1.82, 2.24) is 10.3 Å². The van der Waals surface area contributed by atoms with Gasteiger partial charge in [-0.3, -0.25) is 19.7 Å². The number of nitrogens with zero attached hydrogens (tertiary/aromatic N) is 1. The van der Waals surface area contributed by atoms with E-state index in [9.17, 15) is 14.4 Å². The highest BCUT2D eigenvalue weighted by atomic mass is 32.1. The van der Waals surface area contributed by atoms with E-state index in [2.05, 4.69) is 15.6 Å². The molecule has 1 aromatic carbocycles. The second kappa shape index (κ2) is 6.40. The molecular weight excluding hydrogens is 338 g/mol. The third-order valence-corrected chi connectivity index (χ3v) is 5.43. The predicted molar refractivity (Wildman–Crippen MR) is 93.8 cm³/mol. The summed E-state index contributed by atoms with van der Waals surface area (Å²) in [6.07, 6.45) is 2.69. The van der Waals surface area contributed by atoms with Gasteiger partial charge in [-0.15, -0.1) is 0 Å². The summed E-state index contributed by atoms with van der Waals surface area (Å²) in [6, 6.07) is 9.12. The Labute approximate surface area is 148 Å². The molecule has 1 atom stereocenters. The maximum atomic E-state index is 12.3. The van der Waals surface area contributed by atoms with Crippen molar-refractivity contribution >= 4 is 34.1 Å². The fourth-order valence-corrected chi connectivity index (χ4v) is 3.81. The fraction of sp³-hybridized carbons (Fsp3) is 0.333. The third-order valence-electron chi connectivity index (χ3n) is 4.37. The van der Waals surface area contributed by atoms with Crippen LogP contribution in [0.4, 0.5) is 5.13 Å². The lowest BCUT2D eigenvalue weighted by Crippen LogP contribution is -2.36. The SMILES string of the molecule is O=C(Nc1nc2c(s1)C(=O)CC(C(=O)NC1CC1)C2)c1ccccc1. The van der Waals surface area contributed by atoms with Gasteiger partial charge >= 0.3 is 0 Å². The summed E-state index contributed by atoms with van der Waals surface area (Å²) < 4.78 is 0. The van der Waals surface area contributed by atoms with Crippen LogP contribution in [0.3, 0.4) is 0 Å². The molecule has 6 nitrogen and oxygen atoms in total. The number of ketones is 1. The Balaban J connectivity index is 1.48. The Bertz CT molecular complexity index is 843. The third kappa shape index (κ3) is 3.46. The van der Waals surface area contributed by atoms with E-state index in [1.165, 1.54) is 11.3 Å². The van der Waals surface area contributed by atoms with Crippen molar-refractivity contribution in [2.45, 2.75) is 31.7 Å². The number of Topliss-reactive ketones (excluding diaryl/α,β-unsaturated/α-hetero) is 1. The van der Waals surface area contributed by atoms with E-state index in [1.54, 1.807) is 24.3 Å². The Hall–Kier alpha value is -2.54. The number of carbonyl (C=O) groups is 3. The Morgan fingerprint density at radius 3 is 2.60 bits per heavy atom. The van der Waals surface area contributed by atoms with Gasteiger partial charge in [0.2, 0.25) is 5.91 Å². The van der Waals surface area contributed by atoms with Crippen LogP contribution in [-0.2, 0) is 11.2 Å². The van der Waals surface area contributed by atoms with Crippen LogP contribution in [-0.4, -0.2) is 28.6 Å². The zero-order valence-electron chi connectivity index (χ0n) is 13.5. The van der Waals surface area contributed by atoms with Crippen molar-refractivity contribution in [2.24, 2.45) is 5.92 Å². The molecule has 2 aliphatic carbocycles. The lowest BCUT2D eigenvalue weighted by atomic mass is 9.89. The first-order valence-corrected chi connectivity index (χ1v) is 9.11. The molecule has 1 unspecified atom stereocenters. The molecule has 1 saturated carbocycles. The molecule has 7 heteroatoms. The van der Waals surface area contributed by atoms with Crippen molar-refractivity contribution in [3.63, 3.8) is 0 Å². The Kier molecular flexibility index (Phi) is 4.09. The summed E-state index contributed by atoms with van der Waals surface area (Å²) >= 11 is 1.18. The van der Waals surface area contributed by atoms with Crippen LogP contribution >= 0.6 is 11.3 Å². The number of aromatic nitrogens is 1. The van der Waals surface area contributed by atoms with Crippen LogP contribution in [0, 0.1) is 5.92 Å². The molecule has 0 radical (unpaired) electrons. The zero-order valence-corrected chi connectivity index (χ0v) is 14.3. The topological polar surface area (TPSA) is 88.2 Å². The molecule has 0 saturated heterocycles. The lowest BCUT2D eigenvalue weighted by Gasteiger charge is -2.19. The van der Waals surface area contributed by atoms with Crippen LogP contribution in [0.2, 0.25) is 0 Å². The van der Waals surface area contributed by atoms with E-state index in [4.69, 9.17) is 0 Å². The Morgan fingerprint density at radius 2 is 1.88 bits per heavy atom.